The van der Waals surface area contributed by atoms with E-state index < -0.39 is 10.0 Å². The monoisotopic (exact) mass is 384 g/mol. The minimum Gasteiger partial charge on any atom is -0.323 e. The number of benzene rings is 2. The van der Waals surface area contributed by atoms with Gasteiger partial charge in [-0.25, -0.2) is 8.42 Å². The van der Waals surface area contributed by atoms with Crippen molar-refractivity contribution in [1.82, 2.24) is 4.31 Å². The number of hydrogen-bond acceptors (Lipinski definition) is 3. The Labute approximate surface area is 160 Å². The highest BCUT2D eigenvalue weighted by Crippen LogP contribution is 2.24. The van der Waals surface area contributed by atoms with Gasteiger partial charge in [0, 0.05) is 24.9 Å². The Kier molecular flexibility index (Phi) is 6.08. The molecule has 6 heteroatoms. The van der Waals surface area contributed by atoms with Gasteiger partial charge in [-0.1, -0.05) is 43.3 Å². The van der Waals surface area contributed by atoms with Gasteiger partial charge in [0.05, 0.1) is 5.75 Å². The molecule has 1 amide bonds. The van der Waals surface area contributed by atoms with Crippen LogP contribution < -0.4 is 5.32 Å². The third kappa shape index (κ3) is 5.05. The number of amides is 1. The molecule has 0 aromatic heterocycles. The van der Waals surface area contributed by atoms with Crippen LogP contribution in [0.4, 0.5) is 5.69 Å². The average Bonchev–Trinajstić information content (AvgIpc) is 2.66. The summed E-state index contributed by atoms with van der Waals surface area (Å²) in [6.07, 6.45) is 4.55. The van der Waals surface area contributed by atoms with Crippen LogP contribution in [0.3, 0.4) is 0 Å². The van der Waals surface area contributed by atoms with E-state index in [1.54, 1.807) is 10.4 Å². The summed E-state index contributed by atoms with van der Waals surface area (Å²) >= 11 is 0. The second kappa shape index (κ2) is 8.50. The highest BCUT2D eigenvalue weighted by atomic mass is 32.2. The van der Waals surface area contributed by atoms with Crippen LogP contribution in [0.15, 0.2) is 54.6 Å². The van der Waals surface area contributed by atoms with Gasteiger partial charge in [-0.05, 0) is 47.7 Å². The van der Waals surface area contributed by atoms with Gasteiger partial charge in [-0.3, -0.25) is 4.79 Å². The number of hydrogen-bond donors (Lipinski definition) is 1. The van der Waals surface area contributed by atoms with Crippen molar-refractivity contribution in [2.24, 2.45) is 0 Å². The van der Waals surface area contributed by atoms with Gasteiger partial charge in [0.2, 0.25) is 15.9 Å². The third-order valence-electron chi connectivity index (χ3n) is 4.53. The number of nitrogens with one attached hydrogen (secondary N) is 1. The van der Waals surface area contributed by atoms with Crippen LogP contribution in [0, 0.1) is 0 Å². The summed E-state index contributed by atoms with van der Waals surface area (Å²) in [6.45, 7) is 2.74. The van der Waals surface area contributed by atoms with E-state index in [-0.39, 0.29) is 11.7 Å². The Bertz CT molecular complexity index is 937. The van der Waals surface area contributed by atoms with Crippen LogP contribution in [0.2, 0.25) is 0 Å². The number of fused-ring (bicyclic) bond motifs is 1. The molecule has 0 saturated heterocycles. The van der Waals surface area contributed by atoms with Crippen molar-refractivity contribution in [3.05, 3.63) is 71.3 Å². The normalized spacial score (nSPS) is 14.9. The minimum absolute atomic E-state index is 0.170. The zero-order valence-electron chi connectivity index (χ0n) is 15.4. The SMILES string of the molecule is CCCS(=O)(=O)N1CCc2ccc(NC(=O)/C=C/c3ccccc3)cc2C1. The first-order valence-electron chi connectivity index (χ1n) is 9.11. The Morgan fingerprint density at radius 2 is 1.93 bits per heavy atom. The maximum atomic E-state index is 12.3. The van der Waals surface area contributed by atoms with Crippen LogP contribution in [-0.4, -0.2) is 30.9 Å². The molecule has 0 saturated carbocycles. The fourth-order valence-corrected chi connectivity index (χ4v) is 4.63. The fourth-order valence-electron chi connectivity index (χ4n) is 3.15. The molecule has 0 spiro atoms. The first kappa shape index (κ1) is 19.3. The first-order chi connectivity index (χ1) is 13.0. The number of carbonyl (C=O) groups excluding carboxylic acids is 1. The van der Waals surface area contributed by atoms with Crippen molar-refractivity contribution in [2.75, 3.05) is 17.6 Å². The third-order valence-corrected chi connectivity index (χ3v) is 6.56. The van der Waals surface area contributed by atoms with Crippen LogP contribution in [-0.2, 0) is 27.8 Å². The van der Waals surface area contributed by atoms with E-state index in [1.807, 2.05) is 55.5 Å². The van der Waals surface area contributed by atoms with Gasteiger partial charge in [0.1, 0.15) is 0 Å². The molecule has 1 aliphatic rings. The van der Waals surface area contributed by atoms with Gasteiger partial charge in [-0.15, -0.1) is 0 Å². The Morgan fingerprint density at radius 3 is 2.67 bits per heavy atom. The molecule has 0 radical (unpaired) electrons. The van der Waals surface area contributed by atoms with Crippen molar-refractivity contribution in [3.8, 4) is 0 Å². The van der Waals surface area contributed by atoms with E-state index >= 15 is 0 Å². The molecule has 1 heterocycles. The average molecular weight is 385 g/mol. The smallest absolute Gasteiger partial charge is 0.248 e. The lowest BCUT2D eigenvalue weighted by Crippen LogP contribution is -2.37. The number of rotatable bonds is 6. The molecule has 1 aliphatic heterocycles. The number of carbonyl (C=O) groups is 1. The summed E-state index contributed by atoms with van der Waals surface area (Å²) in [7, 11) is -3.22. The molecule has 5 nitrogen and oxygen atoms in total. The van der Waals surface area contributed by atoms with E-state index in [1.165, 1.54) is 6.08 Å². The lowest BCUT2D eigenvalue weighted by molar-refractivity contribution is -0.111. The molecule has 142 valence electrons. The van der Waals surface area contributed by atoms with Crippen molar-refractivity contribution >= 4 is 27.7 Å². The van der Waals surface area contributed by atoms with E-state index in [9.17, 15) is 13.2 Å². The quantitative estimate of drug-likeness (QED) is 0.776. The zero-order chi connectivity index (χ0) is 19.3. The summed E-state index contributed by atoms with van der Waals surface area (Å²) < 4.78 is 26.2. The van der Waals surface area contributed by atoms with Crippen LogP contribution in [0.25, 0.3) is 6.08 Å². The molecule has 2 aromatic rings. The van der Waals surface area contributed by atoms with Crippen molar-refractivity contribution in [3.63, 3.8) is 0 Å². The van der Waals surface area contributed by atoms with Crippen LogP contribution >= 0.6 is 0 Å². The number of sulfonamides is 1. The molecule has 1 N–H and O–H groups in total. The van der Waals surface area contributed by atoms with E-state index in [0.29, 0.717) is 31.6 Å². The molecule has 0 fully saturated rings. The van der Waals surface area contributed by atoms with Gasteiger partial charge < -0.3 is 5.32 Å². The molecule has 0 aliphatic carbocycles. The van der Waals surface area contributed by atoms with Crippen molar-refractivity contribution < 1.29 is 13.2 Å². The van der Waals surface area contributed by atoms with Gasteiger partial charge >= 0.3 is 0 Å². The molecule has 0 bridgehead atoms. The molecular formula is C21H24N2O3S. The lowest BCUT2D eigenvalue weighted by Gasteiger charge is -2.28. The highest BCUT2D eigenvalue weighted by Gasteiger charge is 2.26. The molecule has 0 atom stereocenters. The highest BCUT2D eigenvalue weighted by molar-refractivity contribution is 7.89. The van der Waals surface area contributed by atoms with E-state index in [0.717, 1.165) is 16.7 Å². The summed E-state index contributed by atoms with van der Waals surface area (Å²) in [4.78, 5) is 12.2. The molecule has 27 heavy (non-hydrogen) atoms. The van der Waals surface area contributed by atoms with Gasteiger partial charge in [0.25, 0.3) is 0 Å². The van der Waals surface area contributed by atoms with E-state index in [2.05, 4.69) is 5.32 Å². The topological polar surface area (TPSA) is 66.5 Å². The molecule has 2 aromatic carbocycles. The van der Waals surface area contributed by atoms with Crippen LogP contribution in [0.1, 0.15) is 30.0 Å². The first-order valence-corrected chi connectivity index (χ1v) is 10.7. The predicted molar refractivity (Wildman–Crippen MR) is 109 cm³/mol. The molecular weight excluding hydrogens is 360 g/mol. The number of anilines is 1. The standard InChI is InChI=1S/C21H24N2O3S/c1-2-14-27(25,26)23-13-12-18-9-10-20(15-19(18)16-23)22-21(24)11-8-17-6-4-3-5-7-17/h3-11,15H,2,12-14,16H2,1H3,(H,22,24)/b11-8+. The van der Waals surface area contributed by atoms with Gasteiger partial charge in [0.15, 0.2) is 0 Å². The minimum atomic E-state index is -3.22. The largest absolute Gasteiger partial charge is 0.323 e. The van der Waals surface area contributed by atoms with Gasteiger partial charge in [-0.2, -0.15) is 4.31 Å². The number of nitrogens with zero attached hydrogens (tertiary/aromatic N) is 1. The Morgan fingerprint density at radius 1 is 1.15 bits per heavy atom. The second-order valence-corrected chi connectivity index (χ2v) is 8.70. The molecule has 0 unspecified atom stereocenters. The fraction of sp³-hybridized carbons (Fsp3) is 0.286. The molecule has 3 rings (SSSR count). The maximum Gasteiger partial charge on any atom is 0.248 e. The lowest BCUT2D eigenvalue weighted by atomic mass is 10.0. The van der Waals surface area contributed by atoms with Crippen molar-refractivity contribution in [2.45, 2.75) is 26.3 Å². The maximum absolute atomic E-state index is 12.3. The summed E-state index contributed by atoms with van der Waals surface area (Å²) in [5.74, 6) is -0.0478. The second-order valence-electron chi connectivity index (χ2n) is 6.62. The van der Waals surface area contributed by atoms with Crippen LogP contribution in [0.5, 0.6) is 0 Å². The summed E-state index contributed by atoms with van der Waals surface area (Å²) in [6, 6.07) is 15.3. The summed E-state index contributed by atoms with van der Waals surface area (Å²) in [5.41, 5.74) is 3.71. The Balaban J connectivity index is 1.69. The zero-order valence-corrected chi connectivity index (χ0v) is 16.2. The van der Waals surface area contributed by atoms with Crippen molar-refractivity contribution in [1.29, 1.82) is 0 Å². The predicted octanol–water partition coefficient (Wildman–Crippen LogP) is 3.44. The summed E-state index contributed by atoms with van der Waals surface area (Å²) in [5, 5.41) is 2.85. The van der Waals surface area contributed by atoms with E-state index in [4.69, 9.17) is 0 Å². The Hall–Kier alpha value is -2.44.